The van der Waals surface area contributed by atoms with E-state index in [1.54, 1.807) is 0 Å². The summed E-state index contributed by atoms with van der Waals surface area (Å²) in [5.41, 5.74) is 4.39. The predicted molar refractivity (Wildman–Crippen MR) is 131 cm³/mol. The second kappa shape index (κ2) is 6.65. The summed E-state index contributed by atoms with van der Waals surface area (Å²) in [4.78, 5) is 2.54. The maximum atomic E-state index is 6.58. The summed E-state index contributed by atoms with van der Waals surface area (Å²) in [5.74, 6) is 1.72. The molecule has 152 valence electrons. The van der Waals surface area contributed by atoms with Crippen molar-refractivity contribution in [3.05, 3.63) is 130 Å². The first-order chi connectivity index (χ1) is 15.8. The molecule has 0 aromatic heterocycles. The van der Waals surface area contributed by atoms with Crippen LogP contribution in [0.3, 0.4) is 0 Å². The van der Waals surface area contributed by atoms with E-state index in [1.807, 2.05) is 23.9 Å². The Balaban J connectivity index is 1.74. The van der Waals surface area contributed by atoms with E-state index in [4.69, 9.17) is 16.3 Å². The molecule has 2 aliphatic rings. The molecule has 0 saturated carbocycles. The lowest BCUT2D eigenvalue weighted by Crippen LogP contribution is -2.37. The van der Waals surface area contributed by atoms with Gasteiger partial charge in [-0.1, -0.05) is 102 Å². The maximum Gasteiger partial charge on any atom is 0.134 e. The minimum atomic E-state index is -0.476. The summed E-state index contributed by atoms with van der Waals surface area (Å²) in [6, 6.07) is 36.4. The first-order valence-electron chi connectivity index (χ1n) is 10.6. The fraction of sp³-hybridized carbons (Fsp3) is 0.0345. The van der Waals surface area contributed by atoms with E-state index in [-0.39, 0.29) is 0 Å². The minimum Gasteiger partial charge on any atom is -0.457 e. The van der Waals surface area contributed by atoms with Crippen LogP contribution in [0.25, 0.3) is 10.8 Å². The lowest BCUT2D eigenvalue weighted by molar-refractivity contribution is 0.429. The van der Waals surface area contributed by atoms with E-state index in [0.717, 1.165) is 17.1 Å². The van der Waals surface area contributed by atoms with Crippen molar-refractivity contribution >= 4 is 34.1 Å². The van der Waals surface area contributed by atoms with Crippen molar-refractivity contribution in [3.63, 3.8) is 0 Å². The zero-order chi connectivity index (χ0) is 21.3. The van der Waals surface area contributed by atoms with Crippen molar-refractivity contribution in [1.82, 2.24) is 0 Å². The third kappa shape index (κ3) is 2.31. The number of ether oxygens (including phenoxy) is 1. The molecule has 0 radical (unpaired) electrons. The Labute approximate surface area is 195 Å². The van der Waals surface area contributed by atoms with Crippen molar-refractivity contribution in [3.8, 4) is 11.5 Å². The normalized spacial score (nSPS) is 17.8. The largest absolute Gasteiger partial charge is 0.457 e. The van der Waals surface area contributed by atoms with Crippen LogP contribution in [-0.4, -0.2) is 0 Å². The van der Waals surface area contributed by atoms with E-state index in [2.05, 4.69) is 91.0 Å². The van der Waals surface area contributed by atoms with E-state index >= 15 is 0 Å². The van der Waals surface area contributed by atoms with Gasteiger partial charge in [0.1, 0.15) is 11.5 Å². The topological polar surface area (TPSA) is 9.23 Å². The Bertz CT molecular complexity index is 1540. The second-order valence-electron chi connectivity index (χ2n) is 8.26. The van der Waals surface area contributed by atoms with Crippen LogP contribution >= 0.6 is 23.4 Å². The highest BCUT2D eigenvalue weighted by Gasteiger charge is 2.50. The molecule has 2 heterocycles. The van der Waals surface area contributed by atoms with Crippen LogP contribution in [0, 0.1) is 0 Å². The molecule has 5 aromatic carbocycles. The molecule has 0 bridgehead atoms. The number of benzene rings is 5. The molecule has 2 aliphatic heterocycles. The zero-order valence-electron chi connectivity index (χ0n) is 17.0. The molecule has 7 rings (SSSR count). The minimum absolute atomic E-state index is 0.476. The zero-order valence-corrected chi connectivity index (χ0v) is 18.6. The van der Waals surface area contributed by atoms with Crippen molar-refractivity contribution in [2.75, 3.05) is 0 Å². The second-order valence-corrected chi connectivity index (χ2v) is 9.75. The van der Waals surface area contributed by atoms with Gasteiger partial charge in [-0.25, -0.2) is 0 Å². The standard InChI is InChI=1S/C29H17ClOS/c30-20-14-15-22-24(17-20)31-25-16-18-8-4-5-11-21(18)28-27(25)29(22,19-9-2-1-3-10-19)23-12-6-7-13-26(23)32-28/h1-17H. The number of hydrogen-bond donors (Lipinski definition) is 0. The molecular formula is C29H17ClOS. The van der Waals surface area contributed by atoms with Gasteiger partial charge in [-0.15, -0.1) is 0 Å². The lowest BCUT2D eigenvalue weighted by atomic mass is 9.63. The van der Waals surface area contributed by atoms with Gasteiger partial charge in [-0.3, -0.25) is 0 Å². The Hall–Kier alpha value is -3.20. The molecule has 1 nitrogen and oxygen atoms in total. The number of rotatable bonds is 1. The van der Waals surface area contributed by atoms with Gasteiger partial charge >= 0.3 is 0 Å². The highest BCUT2D eigenvalue weighted by atomic mass is 35.5. The molecule has 0 saturated heterocycles. The first kappa shape index (κ1) is 18.4. The molecule has 1 atom stereocenters. The fourth-order valence-corrected chi connectivity index (χ4v) is 6.88. The monoisotopic (exact) mass is 448 g/mol. The number of hydrogen-bond acceptors (Lipinski definition) is 2. The van der Waals surface area contributed by atoms with Crippen molar-refractivity contribution in [2.24, 2.45) is 0 Å². The molecule has 0 spiro atoms. The Morgan fingerprint density at radius 1 is 0.688 bits per heavy atom. The molecule has 1 unspecified atom stereocenters. The average molecular weight is 449 g/mol. The Morgan fingerprint density at radius 2 is 1.47 bits per heavy atom. The maximum absolute atomic E-state index is 6.58. The predicted octanol–water partition coefficient (Wildman–Crippen LogP) is 8.45. The number of halogens is 1. The molecule has 5 aromatic rings. The first-order valence-corrected chi connectivity index (χ1v) is 11.8. The average Bonchev–Trinajstić information content (AvgIpc) is 2.84. The van der Waals surface area contributed by atoms with Gasteiger partial charge in [-0.05, 0) is 46.2 Å². The lowest BCUT2D eigenvalue weighted by Gasteiger charge is -2.46. The smallest absolute Gasteiger partial charge is 0.134 e. The molecule has 0 aliphatic carbocycles. The van der Waals surface area contributed by atoms with Gasteiger partial charge in [0.15, 0.2) is 0 Å². The molecule has 32 heavy (non-hydrogen) atoms. The summed E-state index contributed by atoms with van der Waals surface area (Å²) >= 11 is 8.29. The van der Waals surface area contributed by atoms with Crippen LogP contribution in [0.4, 0.5) is 0 Å². The van der Waals surface area contributed by atoms with Crippen LogP contribution in [0.1, 0.15) is 22.3 Å². The third-order valence-corrected chi connectivity index (χ3v) is 8.06. The van der Waals surface area contributed by atoms with Crippen molar-refractivity contribution in [1.29, 1.82) is 0 Å². The summed E-state index contributed by atoms with van der Waals surface area (Å²) < 4.78 is 6.58. The molecule has 0 amide bonds. The van der Waals surface area contributed by atoms with E-state index < -0.39 is 5.41 Å². The molecule has 0 N–H and O–H groups in total. The molecule has 3 heteroatoms. The van der Waals surface area contributed by atoms with Crippen LogP contribution in [0.2, 0.25) is 5.02 Å². The van der Waals surface area contributed by atoms with Crippen molar-refractivity contribution < 1.29 is 4.74 Å². The molecule has 0 fully saturated rings. The van der Waals surface area contributed by atoms with Crippen molar-refractivity contribution in [2.45, 2.75) is 15.2 Å². The Kier molecular flexibility index (Phi) is 3.82. The highest BCUT2D eigenvalue weighted by Crippen LogP contribution is 2.63. The van der Waals surface area contributed by atoms with Gasteiger partial charge in [-0.2, -0.15) is 0 Å². The fourth-order valence-electron chi connectivity index (χ4n) is 5.37. The third-order valence-electron chi connectivity index (χ3n) is 6.62. The highest BCUT2D eigenvalue weighted by molar-refractivity contribution is 7.99. The number of fused-ring (bicyclic) bond motifs is 6. The summed E-state index contributed by atoms with van der Waals surface area (Å²) in [7, 11) is 0. The van der Waals surface area contributed by atoms with Gasteiger partial charge in [0.2, 0.25) is 0 Å². The molecular weight excluding hydrogens is 432 g/mol. The van der Waals surface area contributed by atoms with Gasteiger partial charge in [0.05, 0.1) is 5.41 Å². The summed E-state index contributed by atoms with van der Waals surface area (Å²) in [6.07, 6.45) is 0. The summed E-state index contributed by atoms with van der Waals surface area (Å²) in [6.45, 7) is 0. The van der Waals surface area contributed by atoms with E-state index in [9.17, 15) is 0 Å². The van der Waals surface area contributed by atoms with E-state index in [0.29, 0.717) is 5.02 Å². The summed E-state index contributed by atoms with van der Waals surface area (Å²) in [5, 5.41) is 3.11. The van der Waals surface area contributed by atoms with Gasteiger partial charge in [0, 0.05) is 25.9 Å². The SMILES string of the molecule is Clc1ccc2c(c1)Oc1cc3ccccc3c3c1C2(c1ccccc1)c1ccccc1S3. The van der Waals surface area contributed by atoms with E-state index in [1.165, 1.54) is 37.3 Å². The van der Waals surface area contributed by atoms with Crippen LogP contribution in [-0.2, 0) is 5.41 Å². The quantitative estimate of drug-likeness (QED) is 0.249. The van der Waals surface area contributed by atoms with Crippen LogP contribution < -0.4 is 4.74 Å². The van der Waals surface area contributed by atoms with Gasteiger partial charge in [0.25, 0.3) is 0 Å². The van der Waals surface area contributed by atoms with Gasteiger partial charge < -0.3 is 4.74 Å². The van der Waals surface area contributed by atoms with Crippen LogP contribution in [0.5, 0.6) is 11.5 Å². The Morgan fingerprint density at radius 3 is 2.38 bits per heavy atom. The van der Waals surface area contributed by atoms with Crippen LogP contribution in [0.15, 0.2) is 113 Å².